The lowest BCUT2D eigenvalue weighted by Crippen LogP contribution is -2.26. The van der Waals surface area contributed by atoms with Gasteiger partial charge in [0.05, 0.1) is 5.75 Å². The minimum Gasteiger partial charge on any atom is -0.431 e. The molecule has 1 heterocycles. The van der Waals surface area contributed by atoms with Crippen molar-refractivity contribution in [3.05, 3.63) is 34.9 Å². The molecule has 1 N–H and O–H groups in total. The molecular formula is C17H19ClN2O2S. The van der Waals surface area contributed by atoms with Crippen molar-refractivity contribution in [1.29, 1.82) is 0 Å². The third kappa shape index (κ3) is 4.75. The van der Waals surface area contributed by atoms with Gasteiger partial charge < -0.3 is 9.73 Å². The van der Waals surface area contributed by atoms with E-state index in [0.717, 1.165) is 6.42 Å². The third-order valence-corrected chi connectivity index (χ3v) is 4.87. The predicted molar refractivity (Wildman–Crippen MR) is 93.9 cm³/mol. The van der Waals surface area contributed by atoms with Crippen molar-refractivity contribution in [3.63, 3.8) is 0 Å². The Morgan fingerprint density at radius 3 is 3.13 bits per heavy atom. The van der Waals surface area contributed by atoms with Gasteiger partial charge in [-0.2, -0.15) is 0 Å². The summed E-state index contributed by atoms with van der Waals surface area (Å²) in [6, 6.07) is 5.30. The molecule has 0 saturated heterocycles. The van der Waals surface area contributed by atoms with Crippen molar-refractivity contribution in [2.75, 3.05) is 12.3 Å². The fourth-order valence-corrected chi connectivity index (χ4v) is 3.45. The van der Waals surface area contributed by atoms with Gasteiger partial charge in [0, 0.05) is 11.6 Å². The van der Waals surface area contributed by atoms with Crippen molar-refractivity contribution >= 4 is 40.4 Å². The lowest BCUT2D eigenvalue weighted by atomic mass is 9.97. The number of amides is 1. The average molecular weight is 351 g/mol. The highest BCUT2D eigenvalue weighted by atomic mass is 35.5. The van der Waals surface area contributed by atoms with Gasteiger partial charge in [0.2, 0.25) is 5.91 Å². The smallest absolute Gasteiger partial charge is 0.257 e. The zero-order chi connectivity index (χ0) is 16.1. The number of halogens is 1. The molecule has 1 aliphatic rings. The van der Waals surface area contributed by atoms with Gasteiger partial charge in [-0.15, -0.1) is 0 Å². The Kier molecular flexibility index (Phi) is 5.62. The standard InChI is InChI=1S/C17H19ClN2O2S/c18-13-6-7-15-14(10-13)20-17(22-15)23-11-16(21)19-9-8-12-4-2-1-3-5-12/h4,6-7,10H,1-3,5,8-9,11H2,(H,19,21). The molecule has 0 saturated carbocycles. The van der Waals surface area contributed by atoms with Crippen LogP contribution < -0.4 is 5.32 Å². The number of nitrogens with one attached hydrogen (secondary N) is 1. The number of oxazole rings is 1. The van der Waals surface area contributed by atoms with E-state index in [4.69, 9.17) is 16.0 Å². The average Bonchev–Trinajstić information content (AvgIpc) is 2.96. The van der Waals surface area contributed by atoms with E-state index in [2.05, 4.69) is 16.4 Å². The molecule has 1 amide bonds. The molecule has 0 aliphatic heterocycles. The molecule has 1 aliphatic carbocycles. The van der Waals surface area contributed by atoms with Crippen LogP contribution in [-0.2, 0) is 4.79 Å². The first-order valence-electron chi connectivity index (χ1n) is 7.84. The van der Waals surface area contributed by atoms with Crippen molar-refractivity contribution in [3.8, 4) is 0 Å². The number of aromatic nitrogens is 1. The summed E-state index contributed by atoms with van der Waals surface area (Å²) in [5.74, 6) is 0.311. The Morgan fingerprint density at radius 1 is 1.39 bits per heavy atom. The molecule has 4 nitrogen and oxygen atoms in total. The molecule has 0 atom stereocenters. The highest BCUT2D eigenvalue weighted by molar-refractivity contribution is 7.99. The molecule has 0 unspecified atom stereocenters. The normalized spacial score (nSPS) is 14.7. The Morgan fingerprint density at radius 2 is 2.30 bits per heavy atom. The molecule has 0 fully saturated rings. The molecular weight excluding hydrogens is 332 g/mol. The first-order chi connectivity index (χ1) is 11.2. The van der Waals surface area contributed by atoms with Gasteiger partial charge in [0.1, 0.15) is 5.52 Å². The van der Waals surface area contributed by atoms with Gasteiger partial charge in [0.15, 0.2) is 5.58 Å². The highest BCUT2D eigenvalue weighted by Crippen LogP contribution is 2.25. The van der Waals surface area contributed by atoms with Gasteiger partial charge >= 0.3 is 0 Å². The van der Waals surface area contributed by atoms with Crippen LogP contribution >= 0.6 is 23.4 Å². The predicted octanol–water partition coefficient (Wildman–Crippen LogP) is 4.58. The lowest BCUT2D eigenvalue weighted by Gasteiger charge is -2.12. The largest absolute Gasteiger partial charge is 0.431 e. The summed E-state index contributed by atoms with van der Waals surface area (Å²) >= 11 is 7.22. The Hall–Kier alpha value is -1.46. The van der Waals surface area contributed by atoms with Crippen molar-refractivity contribution < 1.29 is 9.21 Å². The van der Waals surface area contributed by atoms with Crippen LogP contribution in [0.15, 0.2) is 39.5 Å². The number of rotatable bonds is 6. The Labute approximate surface area is 144 Å². The molecule has 3 rings (SSSR count). The molecule has 0 spiro atoms. The van der Waals surface area contributed by atoms with Crippen LogP contribution in [0.2, 0.25) is 5.02 Å². The molecule has 1 aromatic carbocycles. The van der Waals surface area contributed by atoms with Crippen molar-refractivity contribution in [2.45, 2.75) is 37.3 Å². The van der Waals surface area contributed by atoms with E-state index in [1.165, 1.54) is 43.0 Å². The number of hydrogen-bond donors (Lipinski definition) is 1. The van der Waals surface area contributed by atoms with Gasteiger partial charge in [-0.25, -0.2) is 4.98 Å². The van der Waals surface area contributed by atoms with E-state index >= 15 is 0 Å². The van der Waals surface area contributed by atoms with Crippen molar-refractivity contribution in [2.24, 2.45) is 0 Å². The number of hydrogen-bond acceptors (Lipinski definition) is 4. The summed E-state index contributed by atoms with van der Waals surface area (Å²) in [4.78, 5) is 16.2. The topological polar surface area (TPSA) is 55.1 Å². The van der Waals surface area contributed by atoms with Gasteiger partial charge in [0.25, 0.3) is 5.22 Å². The second kappa shape index (κ2) is 7.88. The number of carbonyl (C=O) groups excluding carboxylic acids is 1. The third-order valence-electron chi connectivity index (χ3n) is 3.81. The zero-order valence-corrected chi connectivity index (χ0v) is 14.4. The lowest BCUT2D eigenvalue weighted by molar-refractivity contribution is -0.118. The van der Waals surface area contributed by atoms with Gasteiger partial charge in [-0.3, -0.25) is 4.79 Å². The molecule has 0 bridgehead atoms. The van der Waals surface area contributed by atoms with Crippen LogP contribution in [0.1, 0.15) is 32.1 Å². The second-order valence-corrected chi connectivity index (χ2v) is 6.95. The summed E-state index contributed by atoms with van der Waals surface area (Å²) in [6.45, 7) is 0.703. The first kappa shape index (κ1) is 16.4. The van der Waals surface area contributed by atoms with Gasteiger partial charge in [-0.05, 0) is 50.3 Å². The van der Waals surface area contributed by atoms with E-state index in [9.17, 15) is 4.79 Å². The van der Waals surface area contributed by atoms with Crippen LogP contribution in [0.4, 0.5) is 0 Å². The summed E-state index contributed by atoms with van der Waals surface area (Å²) in [5, 5.41) is 4.07. The van der Waals surface area contributed by atoms with E-state index in [1.54, 1.807) is 18.2 Å². The summed E-state index contributed by atoms with van der Waals surface area (Å²) in [5.41, 5.74) is 2.87. The molecule has 122 valence electrons. The molecule has 0 radical (unpaired) electrons. The minimum atomic E-state index is 0.00620. The quantitative estimate of drug-likeness (QED) is 0.612. The maximum absolute atomic E-state index is 11.9. The maximum atomic E-state index is 11.9. The van der Waals surface area contributed by atoms with Crippen molar-refractivity contribution in [1.82, 2.24) is 10.3 Å². The first-order valence-corrected chi connectivity index (χ1v) is 9.20. The number of thioether (sulfide) groups is 1. The van der Waals surface area contributed by atoms with E-state index in [-0.39, 0.29) is 5.91 Å². The van der Waals surface area contributed by atoms with E-state index in [1.807, 2.05) is 0 Å². The number of nitrogens with zero attached hydrogens (tertiary/aromatic N) is 1. The summed E-state index contributed by atoms with van der Waals surface area (Å²) < 4.78 is 5.58. The Balaban J connectivity index is 1.43. The number of benzene rings is 1. The minimum absolute atomic E-state index is 0.00620. The van der Waals surface area contributed by atoms with Gasteiger partial charge in [-0.1, -0.05) is 35.0 Å². The molecule has 2 aromatic rings. The number of allylic oxidation sites excluding steroid dienone is 1. The fourth-order valence-electron chi connectivity index (χ4n) is 2.61. The molecule has 1 aromatic heterocycles. The van der Waals surface area contributed by atoms with Crippen LogP contribution in [0, 0.1) is 0 Å². The maximum Gasteiger partial charge on any atom is 0.257 e. The van der Waals surface area contributed by atoms with Crippen LogP contribution in [0.5, 0.6) is 0 Å². The highest BCUT2D eigenvalue weighted by Gasteiger charge is 2.10. The fraction of sp³-hybridized carbons (Fsp3) is 0.412. The van der Waals surface area contributed by atoms with Crippen LogP contribution in [-0.4, -0.2) is 23.2 Å². The SMILES string of the molecule is O=C(CSc1nc2cc(Cl)ccc2o1)NCCC1=CCCCC1. The second-order valence-electron chi connectivity index (χ2n) is 5.59. The monoisotopic (exact) mass is 350 g/mol. The van der Waals surface area contributed by atoms with E-state index < -0.39 is 0 Å². The summed E-state index contributed by atoms with van der Waals surface area (Å²) in [7, 11) is 0. The molecule has 23 heavy (non-hydrogen) atoms. The summed E-state index contributed by atoms with van der Waals surface area (Å²) in [6.07, 6.45) is 8.20. The number of fused-ring (bicyclic) bond motifs is 1. The molecule has 6 heteroatoms. The zero-order valence-electron chi connectivity index (χ0n) is 12.8. The van der Waals surface area contributed by atoms with E-state index in [0.29, 0.717) is 33.6 Å². The van der Waals surface area contributed by atoms with Crippen LogP contribution in [0.3, 0.4) is 0 Å². The number of carbonyl (C=O) groups is 1. The van der Waals surface area contributed by atoms with Crippen LogP contribution in [0.25, 0.3) is 11.1 Å². The Bertz CT molecular complexity index is 726.